The van der Waals surface area contributed by atoms with Crippen molar-refractivity contribution in [1.82, 2.24) is 20.4 Å². The van der Waals surface area contributed by atoms with Crippen LogP contribution in [-0.2, 0) is 16.9 Å². The normalized spacial score (nSPS) is 19.1. The van der Waals surface area contributed by atoms with Crippen LogP contribution in [0.3, 0.4) is 0 Å². The van der Waals surface area contributed by atoms with Crippen molar-refractivity contribution in [3.63, 3.8) is 0 Å². The van der Waals surface area contributed by atoms with E-state index >= 15 is 0 Å². The molecule has 2 heterocycles. The lowest BCUT2D eigenvalue weighted by atomic mass is 9.83. The van der Waals surface area contributed by atoms with E-state index in [9.17, 15) is 19.1 Å². The lowest BCUT2D eigenvalue weighted by Crippen LogP contribution is -2.52. The van der Waals surface area contributed by atoms with E-state index in [-0.39, 0.29) is 35.8 Å². The molecule has 1 aliphatic heterocycles. The van der Waals surface area contributed by atoms with Gasteiger partial charge in [-0.15, -0.1) is 0 Å². The third-order valence-electron chi connectivity index (χ3n) is 8.30. The number of aromatic amines is 1. The molecule has 0 unspecified atom stereocenters. The Labute approximate surface area is 219 Å². The number of halogens is 1. The third kappa shape index (κ3) is 5.05. The molecule has 37 heavy (non-hydrogen) atoms. The van der Waals surface area contributed by atoms with E-state index in [1.165, 1.54) is 12.1 Å². The fourth-order valence-corrected chi connectivity index (χ4v) is 8.29. The minimum Gasteiger partial charge on any atom is -0.390 e. The van der Waals surface area contributed by atoms with Crippen LogP contribution in [0.5, 0.6) is 0 Å². The summed E-state index contributed by atoms with van der Waals surface area (Å²) < 4.78 is 13.5. The summed E-state index contributed by atoms with van der Waals surface area (Å²) in [5, 5.41) is 23.8. The van der Waals surface area contributed by atoms with E-state index in [1.54, 1.807) is 30.9 Å². The molecule has 2 aromatic rings. The van der Waals surface area contributed by atoms with E-state index in [0.717, 1.165) is 30.5 Å². The number of aliphatic hydroxyl groups is 1. The molecule has 1 atom stereocenters. The molecule has 10 heteroatoms. The molecule has 0 bridgehead atoms. The fraction of sp³-hybridized carbons (Fsp3) is 0.593. The molecule has 0 saturated heterocycles. The zero-order valence-corrected chi connectivity index (χ0v) is 24.0. The van der Waals surface area contributed by atoms with Crippen molar-refractivity contribution in [3.8, 4) is 0 Å². The molecule has 1 aliphatic carbocycles. The van der Waals surface area contributed by atoms with Crippen LogP contribution in [0.1, 0.15) is 76.2 Å². The van der Waals surface area contributed by atoms with Gasteiger partial charge in [-0.05, 0) is 58.2 Å². The van der Waals surface area contributed by atoms with Gasteiger partial charge in [0.2, 0.25) is 5.91 Å². The van der Waals surface area contributed by atoms with Gasteiger partial charge in [-0.25, -0.2) is 9.18 Å². The standard InChI is InChI=1S/C27H40FN5O3Si/c1-25(2,36)15-20(17-9-11-18(28)12-10-17)29-24(35)33-16-19-21(26(33,3)4)31-32-22(19)30-23(34)27(13-8-14-27)37(5,6)7/h9-12,20,36H,8,13-16H2,1-7H3,(H,29,35)(H2,30,31,32,34)/t20-/m1/s1. The Morgan fingerprint density at radius 2 is 1.84 bits per heavy atom. The van der Waals surface area contributed by atoms with E-state index < -0.39 is 25.3 Å². The number of carbonyl (C=O) groups excluding carboxylic acids is 2. The van der Waals surface area contributed by atoms with Crippen LogP contribution < -0.4 is 10.6 Å². The summed E-state index contributed by atoms with van der Waals surface area (Å²) in [7, 11) is -1.75. The summed E-state index contributed by atoms with van der Waals surface area (Å²) in [6.07, 6.45) is 3.14. The second kappa shape index (κ2) is 9.23. The predicted octanol–water partition coefficient (Wildman–Crippen LogP) is 5.41. The molecular formula is C27H40FN5O3Si. The molecule has 3 amide bonds. The number of aromatic nitrogens is 2. The molecule has 4 rings (SSSR count). The summed E-state index contributed by atoms with van der Waals surface area (Å²) in [4.78, 5) is 28.7. The molecule has 0 spiro atoms. The number of rotatable bonds is 7. The van der Waals surface area contributed by atoms with Crippen molar-refractivity contribution in [3.05, 3.63) is 46.9 Å². The highest BCUT2D eigenvalue weighted by molar-refractivity contribution is 6.83. The first-order valence-electron chi connectivity index (χ1n) is 13.0. The van der Waals surface area contributed by atoms with Crippen molar-refractivity contribution in [2.45, 2.75) is 102 Å². The number of amides is 3. The van der Waals surface area contributed by atoms with Gasteiger partial charge in [0.15, 0.2) is 5.82 Å². The topological polar surface area (TPSA) is 110 Å². The van der Waals surface area contributed by atoms with Gasteiger partial charge in [-0.1, -0.05) is 38.2 Å². The third-order valence-corrected chi connectivity index (χ3v) is 11.9. The smallest absolute Gasteiger partial charge is 0.318 e. The maximum Gasteiger partial charge on any atom is 0.318 e. The van der Waals surface area contributed by atoms with Crippen LogP contribution in [0.2, 0.25) is 24.7 Å². The number of hydrogen-bond donors (Lipinski definition) is 4. The van der Waals surface area contributed by atoms with Gasteiger partial charge in [0.05, 0.1) is 37.5 Å². The van der Waals surface area contributed by atoms with E-state index in [1.807, 2.05) is 13.8 Å². The number of anilines is 1. The Morgan fingerprint density at radius 3 is 2.35 bits per heavy atom. The SMILES string of the molecule is CC(C)(O)C[C@@H](NC(=O)N1Cc2c(NC(=O)C3([Si](C)(C)C)CCC3)n[nH]c2C1(C)C)c1ccc(F)cc1. The number of H-pyrrole nitrogens is 1. The lowest BCUT2D eigenvalue weighted by molar-refractivity contribution is -0.121. The molecule has 4 N–H and O–H groups in total. The molecule has 202 valence electrons. The minimum absolute atomic E-state index is 0.0366. The second-order valence-corrected chi connectivity index (χ2v) is 18.2. The summed E-state index contributed by atoms with van der Waals surface area (Å²) in [6, 6.07) is 5.10. The highest BCUT2D eigenvalue weighted by Crippen LogP contribution is 2.56. The largest absolute Gasteiger partial charge is 0.390 e. The van der Waals surface area contributed by atoms with Crippen molar-refractivity contribution in [2.24, 2.45) is 0 Å². The van der Waals surface area contributed by atoms with Gasteiger partial charge in [-0.3, -0.25) is 9.89 Å². The highest BCUT2D eigenvalue weighted by Gasteiger charge is 2.54. The van der Waals surface area contributed by atoms with Crippen LogP contribution in [0.15, 0.2) is 24.3 Å². The molecule has 8 nitrogen and oxygen atoms in total. The minimum atomic E-state index is -1.75. The lowest BCUT2D eigenvalue weighted by Gasteiger charge is -2.48. The van der Waals surface area contributed by atoms with Crippen molar-refractivity contribution >= 4 is 25.8 Å². The number of carbonyl (C=O) groups is 2. The van der Waals surface area contributed by atoms with Crippen LogP contribution in [-0.4, -0.2) is 45.8 Å². The maximum atomic E-state index is 13.6. The molecule has 1 aromatic heterocycles. The van der Waals surface area contributed by atoms with Crippen molar-refractivity contribution in [1.29, 1.82) is 0 Å². The molecule has 1 saturated carbocycles. The number of fused-ring (bicyclic) bond motifs is 1. The van der Waals surface area contributed by atoms with Gasteiger partial charge in [0.1, 0.15) is 5.82 Å². The Bertz CT molecular complexity index is 1180. The zero-order chi connectivity index (χ0) is 27.4. The molecule has 0 radical (unpaired) electrons. The quantitative estimate of drug-likeness (QED) is 0.359. The molecule has 1 aromatic carbocycles. The Morgan fingerprint density at radius 1 is 1.22 bits per heavy atom. The van der Waals surface area contributed by atoms with Gasteiger partial charge < -0.3 is 20.6 Å². The average Bonchev–Trinajstić information content (AvgIpc) is 3.23. The summed E-state index contributed by atoms with van der Waals surface area (Å²) >= 11 is 0. The second-order valence-electron chi connectivity index (χ2n) is 12.8. The molecular weight excluding hydrogens is 489 g/mol. The monoisotopic (exact) mass is 529 g/mol. The molecule has 2 aliphatic rings. The fourth-order valence-electron chi connectivity index (χ4n) is 5.69. The first-order valence-corrected chi connectivity index (χ1v) is 16.5. The van der Waals surface area contributed by atoms with Crippen LogP contribution in [0.4, 0.5) is 15.0 Å². The van der Waals surface area contributed by atoms with Crippen LogP contribution in [0, 0.1) is 5.82 Å². The zero-order valence-electron chi connectivity index (χ0n) is 23.0. The number of nitrogens with one attached hydrogen (secondary N) is 3. The van der Waals surface area contributed by atoms with E-state index in [0.29, 0.717) is 11.4 Å². The summed E-state index contributed by atoms with van der Waals surface area (Å²) in [6.45, 7) is 14.2. The van der Waals surface area contributed by atoms with Gasteiger partial charge in [-0.2, -0.15) is 5.10 Å². The summed E-state index contributed by atoms with van der Waals surface area (Å²) in [5.74, 6) is 0.157. The first-order chi connectivity index (χ1) is 17.0. The first kappa shape index (κ1) is 27.3. The summed E-state index contributed by atoms with van der Waals surface area (Å²) in [5.41, 5.74) is 0.546. The number of hydrogen-bond acceptors (Lipinski definition) is 4. The van der Waals surface area contributed by atoms with E-state index in [4.69, 9.17) is 0 Å². The van der Waals surface area contributed by atoms with Gasteiger partial charge in [0, 0.05) is 17.0 Å². The molecule has 1 fully saturated rings. The Hall–Kier alpha value is -2.72. The number of nitrogens with zero attached hydrogens (tertiary/aromatic N) is 2. The van der Waals surface area contributed by atoms with Gasteiger partial charge in [0.25, 0.3) is 0 Å². The van der Waals surface area contributed by atoms with Crippen LogP contribution >= 0.6 is 0 Å². The highest BCUT2D eigenvalue weighted by atomic mass is 28.3. The van der Waals surface area contributed by atoms with Gasteiger partial charge >= 0.3 is 6.03 Å². The van der Waals surface area contributed by atoms with Crippen molar-refractivity contribution in [2.75, 3.05) is 5.32 Å². The van der Waals surface area contributed by atoms with E-state index in [2.05, 4.69) is 40.5 Å². The number of urea groups is 1. The predicted molar refractivity (Wildman–Crippen MR) is 144 cm³/mol. The average molecular weight is 530 g/mol. The Balaban J connectivity index is 1.54. The maximum absolute atomic E-state index is 13.6. The van der Waals surface area contributed by atoms with Crippen molar-refractivity contribution < 1.29 is 19.1 Å². The Kier molecular flexibility index (Phi) is 6.82. The number of benzene rings is 1. The van der Waals surface area contributed by atoms with Crippen LogP contribution in [0.25, 0.3) is 0 Å².